The van der Waals surface area contributed by atoms with Gasteiger partial charge in [-0.05, 0) is 42.0 Å². The highest BCUT2D eigenvalue weighted by Gasteiger charge is 2.39. The van der Waals surface area contributed by atoms with Gasteiger partial charge >= 0.3 is 0 Å². The predicted molar refractivity (Wildman–Crippen MR) is 87.8 cm³/mol. The average molecular weight is 314 g/mol. The summed E-state index contributed by atoms with van der Waals surface area (Å²) >= 11 is 1.61. The summed E-state index contributed by atoms with van der Waals surface area (Å²) in [5.41, 5.74) is 1.23. The van der Waals surface area contributed by atoms with Gasteiger partial charge in [-0.25, -0.2) is 0 Å². The number of benzene rings is 1. The molecule has 0 bridgehead atoms. The molecule has 2 unspecified atom stereocenters. The van der Waals surface area contributed by atoms with Crippen molar-refractivity contribution in [2.75, 3.05) is 5.32 Å². The number of rotatable bonds is 5. The molecule has 1 aliphatic carbocycles. The van der Waals surface area contributed by atoms with Gasteiger partial charge in [0.1, 0.15) is 0 Å². The molecule has 1 saturated carbocycles. The molecule has 2 aromatic rings. The molecule has 1 aromatic carbocycles. The van der Waals surface area contributed by atoms with Gasteiger partial charge in [-0.15, -0.1) is 11.3 Å². The van der Waals surface area contributed by atoms with E-state index in [1.807, 2.05) is 17.5 Å². The fraction of sp³-hybridized carbons (Fsp3) is 0.294. The molecule has 0 radical (unpaired) electrons. The molecule has 114 valence electrons. The Hall–Kier alpha value is -2.14. The van der Waals surface area contributed by atoms with Crippen LogP contribution >= 0.6 is 11.3 Å². The Bertz CT molecular complexity index is 682. The van der Waals surface area contributed by atoms with E-state index < -0.39 is 0 Å². The van der Waals surface area contributed by atoms with Crippen molar-refractivity contribution in [1.82, 2.24) is 5.32 Å². The Morgan fingerprint density at radius 2 is 2.09 bits per heavy atom. The zero-order valence-corrected chi connectivity index (χ0v) is 13.2. The van der Waals surface area contributed by atoms with Crippen molar-refractivity contribution in [2.45, 2.75) is 19.9 Å². The number of amides is 2. The lowest BCUT2D eigenvalue weighted by Gasteiger charge is -2.08. The van der Waals surface area contributed by atoms with Crippen molar-refractivity contribution in [3.8, 4) is 0 Å². The highest BCUT2D eigenvalue weighted by molar-refractivity contribution is 7.09. The molecule has 3 rings (SSSR count). The van der Waals surface area contributed by atoms with Gasteiger partial charge in [0.15, 0.2) is 0 Å². The minimum atomic E-state index is -0.135. The van der Waals surface area contributed by atoms with Gasteiger partial charge in [-0.1, -0.05) is 19.1 Å². The fourth-order valence-electron chi connectivity index (χ4n) is 2.34. The zero-order chi connectivity index (χ0) is 15.5. The number of carbonyl (C=O) groups is 2. The van der Waals surface area contributed by atoms with Crippen molar-refractivity contribution in [1.29, 1.82) is 0 Å². The fourth-order valence-corrected chi connectivity index (χ4v) is 2.99. The van der Waals surface area contributed by atoms with Crippen molar-refractivity contribution in [3.05, 3.63) is 52.2 Å². The van der Waals surface area contributed by atoms with Crippen LogP contribution in [0.2, 0.25) is 0 Å². The van der Waals surface area contributed by atoms with Crippen LogP contribution in [-0.2, 0) is 11.3 Å². The molecule has 0 spiro atoms. The second-order valence-electron chi connectivity index (χ2n) is 5.65. The first-order valence-corrected chi connectivity index (χ1v) is 8.23. The van der Waals surface area contributed by atoms with Crippen LogP contribution in [0.4, 0.5) is 5.69 Å². The Labute approximate surface area is 133 Å². The van der Waals surface area contributed by atoms with Crippen LogP contribution in [0.3, 0.4) is 0 Å². The van der Waals surface area contributed by atoms with E-state index in [-0.39, 0.29) is 17.7 Å². The lowest BCUT2D eigenvalue weighted by atomic mass is 10.2. The van der Waals surface area contributed by atoms with Gasteiger partial charge in [0.25, 0.3) is 5.91 Å². The first kappa shape index (κ1) is 14.8. The first-order valence-electron chi connectivity index (χ1n) is 7.35. The van der Waals surface area contributed by atoms with Crippen LogP contribution in [0, 0.1) is 11.8 Å². The first-order chi connectivity index (χ1) is 10.6. The van der Waals surface area contributed by atoms with Crippen molar-refractivity contribution in [3.63, 3.8) is 0 Å². The van der Waals surface area contributed by atoms with Gasteiger partial charge in [-0.3, -0.25) is 9.59 Å². The van der Waals surface area contributed by atoms with E-state index >= 15 is 0 Å². The van der Waals surface area contributed by atoms with E-state index in [9.17, 15) is 9.59 Å². The molecule has 1 fully saturated rings. The van der Waals surface area contributed by atoms with E-state index in [4.69, 9.17) is 0 Å². The van der Waals surface area contributed by atoms with Gasteiger partial charge in [0, 0.05) is 22.0 Å². The standard InChI is InChI=1S/C17H18N2O2S/c1-11-8-15(11)17(21)19-13-5-2-4-12(9-13)16(20)18-10-14-6-3-7-22-14/h2-7,9,11,15H,8,10H2,1H3,(H,18,20)(H,19,21). The third-order valence-corrected chi connectivity index (χ3v) is 4.72. The molecule has 4 nitrogen and oxygen atoms in total. The summed E-state index contributed by atoms with van der Waals surface area (Å²) in [6, 6.07) is 11.0. The molecule has 0 saturated heterocycles. The van der Waals surface area contributed by atoms with Crippen LogP contribution in [-0.4, -0.2) is 11.8 Å². The molecule has 22 heavy (non-hydrogen) atoms. The maximum atomic E-state index is 12.2. The molecular formula is C17H18N2O2S. The van der Waals surface area contributed by atoms with E-state index in [0.717, 1.165) is 11.3 Å². The van der Waals surface area contributed by atoms with Crippen molar-refractivity contribution >= 4 is 28.8 Å². The van der Waals surface area contributed by atoms with Gasteiger partial charge < -0.3 is 10.6 Å². The Kier molecular flexibility index (Phi) is 4.24. The number of hydrogen-bond acceptors (Lipinski definition) is 3. The van der Waals surface area contributed by atoms with Crippen molar-refractivity contribution in [2.24, 2.45) is 11.8 Å². The minimum absolute atomic E-state index is 0.0450. The minimum Gasteiger partial charge on any atom is -0.347 e. The van der Waals surface area contributed by atoms with E-state index in [1.54, 1.807) is 35.6 Å². The quantitative estimate of drug-likeness (QED) is 0.890. The third kappa shape index (κ3) is 3.54. The van der Waals surface area contributed by atoms with Gasteiger partial charge in [0.2, 0.25) is 5.91 Å². The van der Waals surface area contributed by atoms with E-state index in [2.05, 4.69) is 17.6 Å². The second-order valence-corrected chi connectivity index (χ2v) is 6.68. The molecule has 0 aliphatic heterocycles. The normalized spacial score (nSPS) is 19.5. The third-order valence-electron chi connectivity index (χ3n) is 3.84. The maximum Gasteiger partial charge on any atom is 0.251 e. The average Bonchev–Trinajstić information content (AvgIpc) is 3.03. The molecule has 1 heterocycles. The molecule has 2 amide bonds. The summed E-state index contributed by atoms with van der Waals surface area (Å²) in [5, 5.41) is 7.75. The number of anilines is 1. The largest absolute Gasteiger partial charge is 0.347 e. The highest BCUT2D eigenvalue weighted by atomic mass is 32.1. The summed E-state index contributed by atoms with van der Waals surface area (Å²) in [4.78, 5) is 25.2. The van der Waals surface area contributed by atoms with E-state index in [1.165, 1.54) is 0 Å². The van der Waals surface area contributed by atoms with Crippen LogP contribution in [0.5, 0.6) is 0 Å². The van der Waals surface area contributed by atoms with Crippen LogP contribution in [0.25, 0.3) is 0 Å². The Balaban J connectivity index is 1.60. The molecule has 1 aliphatic rings. The van der Waals surface area contributed by atoms with Gasteiger partial charge in [-0.2, -0.15) is 0 Å². The lowest BCUT2D eigenvalue weighted by Crippen LogP contribution is -2.22. The smallest absolute Gasteiger partial charge is 0.251 e. The lowest BCUT2D eigenvalue weighted by molar-refractivity contribution is -0.117. The maximum absolute atomic E-state index is 12.2. The number of hydrogen-bond donors (Lipinski definition) is 2. The summed E-state index contributed by atoms with van der Waals surface area (Å²) in [6.45, 7) is 2.59. The van der Waals surface area contributed by atoms with Gasteiger partial charge in [0.05, 0.1) is 6.54 Å². The number of nitrogens with one attached hydrogen (secondary N) is 2. The van der Waals surface area contributed by atoms with E-state index in [0.29, 0.717) is 23.7 Å². The highest BCUT2D eigenvalue weighted by Crippen LogP contribution is 2.38. The molecule has 5 heteroatoms. The Morgan fingerprint density at radius 1 is 1.27 bits per heavy atom. The zero-order valence-electron chi connectivity index (χ0n) is 12.3. The molecular weight excluding hydrogens is 296 g/mol. The number of thiophene rings is 1. The Morgan fingerprint density at radius 3 is 2.77 bits per heavy atom. The van der Waals surface area contributed by atoms with Crippen LogP contribution in [0.1, 0.15) is 28.6 Å². The predicted octanol–water partition coefficient (Wildman–Crippen LogP) is 3.27. The number of carbonyl (C=O) groups excluding carboxylic acids is 2. The second kappa shape index (κ2) is 6.32. The summed E-state index contributed by atoms with van der Waals surface area (Å²) in [7, 11) is 0. The SMILES string of the molecule is CC1CC1C(=O)Nc1cccc(C(=O)NCc2cccs2)c1. The van der Waals surface area contributed by atoms with Crippen LogP contribution in [0.15, 0.2) is 41.8 Å². The summed E-state index contributed by atoms with van der Waals surface area (Å²) in [6.07, 6.45) is 0.951. The summed E-state index contributed by atoms with van der Waals surface area (Å²) in [5.74, 6) is 0.501. The van der Waals surface area contributed by atoms with Crippen LogP contribution < -0.4 is 10.6 Å². The molecule has 2 atom stereocenters. The van der Waals surface area contributed by atoms with Crippen molar-refractivity contribution < 1.29 is 9.59 Å². The molecule has 1 aromatic heterocycles. The molecule has 2 N–H and O–H groups in total. The topological polar surface area (TPSA) is 58.2 Å². The monoisotopic (exact) mass is 314 g/mol. The summed E-state index contributed by atoms with van der Waals surface area (Å²) < 4.78 is 0.